The molecule has 1 rings (SSSR count). The van der Waals surface area contributed by atoms with Crippen LogP contribution in [0.4, 0.5) is 0 Å². The summed E-state index contributed by atoms with van der Waals surface area (Å²) in [4.78, 5) is 0. The van der Waals surface area contributed by atoms with Crippen molar-refractivity contribution in [3.63, 3.8) is 0 Å². The van der Waals surface area contributed by atoms with Gasteiger partial charge in [-0.25, -0.2) is 0 Å². The van der Waals surface area contributed by atoms with Crippen LogP contribution in [0.15, 0.2) is 11.6 Å². The van der Waals surface area contributed by atoms with Gasteiger partial charge in [-0.1, -0.05) is 33.3 Å². The first-order chi connectivity index (χ1) is 6.93. The Morgan fingerprint density at radius 3 is 2.60 bits per heavy atom. The molecule has 88 valence electrons. The lowest BCUT2D eigenvalue weighted by Crippen LogP contribution is -2.51. The monoisotopic (exact) mass is 212 g/mol. The van der Waals surface area contributed by atoms with E-state index in [4.69, 9.17) is 0 Å². The lowest BCUT2D eigenvalue weighted by Gasteiger charge is -2.43. The lowest BCUT2D eigenvalue weighted by atomic mass is 9.70. The number of rotatable bonds is 3. The van der Waals surface area contributed by atoms with Gasteiger partial charge in [0.15, 0.2) is 0 Å². The molecular formula is C13H24O2. The number of aliphatic hydroxyl groups is 2. The van der Waals surface area contributed by atoms with Gasteiger partial charge in [0.25, 0.3) is 0 Å². The standard InChI is InChI=1S/C13H24O2/c1-5-8-13(15)10(4)6-7-11(9(2)3)12(13)14/h6,9,11-12,14-15H,5,7-8H2,1-4H3/t11-,12?,13?/m0/s1. The molecule has 1 aliphatic carbocycles. The normalized spacial score (nSPS) is 36.9. The minimum Gasteiger partial charge on any atom is -0.389 e. The minimum absolute atomic E-state index is 0.185. The van der Waals surface area contributed by atoms with E-state index in [2.05, 4.69) is 19.9 Å². The zero-order valence-corrected chi connectivity index (χ0v) is 10.3. The zero-order chi connectivity index (χ0) is 11.6. The summed E-state index contributed by atoms with van der Waals surface area (Å²) >= 11 is 0. The van der Waals surface area contributed by atoms with Crippen molar-refractivity contribution in [1.29, 1.82) is 0 Å². The van der Waals surface area contributed by atoms with E-state index >= 15 is 0 Å². The van der Waals surface area contributed by atoms with Crippen LogP contribution in [0.2, 0.25) is 0 Å². The van der Waals surface area contributed by atoms with Crippen LogP contribution >= 0.6 is 0 Å². The van der Waals surface area contributed by atoms with Gasteiger partial charge in [-0.05, 0) is 37.2 Å². The largest absolute Gasteiger partial charge is 0.389 e. The highest BCUT2D eigenvalue weighted by Crippen LogP contribution is 2.39. The van der Waals surface area contributed by atoms with Crippen LogP contribution in [-0.4, -0.2) is 21.9 Å². The summed E-state index contributed by atoms with van der Waals surface area (Å²) in [5.41, 5.74) is -0.0455. The third kappa shape index (κ3) is 2.26. The molecule has 1 aliphatic rings. The minimum atomic E-state index is -0.984. The van der Waals surface area contributed by atoms with Crippen molar-refractivity contribution in [3.05, 3.63) is 11.6 Å². The second-order valence-corrected chi connectivity index (χ2v) is 5.15. The molecule has 0 fully saturated rings. The van der Waals surface area contributed by atoms with Gasteiger partial charge in [-0.3, -0.25) is 0 Å². The van der Waals surface area contributed by atoms with Crippen molar-refractivity contribution in [3.8, 4) is 0 Å². The molecule has 2 unspecified atom stereocenters. The van der Waals surface area contributed by atoms with Gasteiger partial charge in [0.2, 0.25) is 0 Å². The molecule has 0 saturated carbocycles. The Bertz CT molecular complexity index is 245. The van der Waals surface area contributed by atoms with Crippen LogP contribution in [0.3, 0.4) is 0 Å². The van der Waals surface area contributed by atoms with Gasteiger partial charge < -0.3 is 10.2 Å². The second-order valence-electron chi connectivity index (χ2n) is 5.15. The third-order valence-electron chi connectivity index (χ3n) is 3.76. The first kappa shape index (κ1) is 12.7. The summed E-state index contributed by atoms with van der Waals surface area (Å²) in [6.07, 6.45) is 3.91. The van der Waals surface area contributed by atoms with Gasteiger partial charge in [0.1, 0.15) is 5.60 Å². The molecule has 0 aromatic rings. The maximum atomic E-state index is 10.5. The molecule has 2 nitrogen and oxygen atoms in total. The molecule has 3 atom stereocenters. The summed E-state index contributed by atoms with van der Waals surface area (Å²) < 4.78 is 0. The highest BCUT2D eigenvalue weighted by molar-refractivity contribution is 5.22. The van der Waals surface area contributed by atoms with Crippen molar-refractivity contribution in [1.82, 2.24) is 0 Å². The van der Waals surface area contributed by atoms with Crippen LogP contribution in [0.1, 0.15) is 47.0 Å². The van der Waals surface area contributed by atoms with Gasteiger partial charge in [0.05, 0.1) is 6.10 Å². The van der Waals surface area contributed by atoms with Crippen LogP contribution in [-0.2, 0) is 0 Å². The van der Waals surface area contributed by atoms with Crippen LogP contribution in [0.25, 0.3) is 0 Å². The predicted octanol–water partition coefficient (Wildman–Crippen LogP) is 2.50. The molecule has 0 saturated heterocycles. The van der Waals surface area contributed by atoms with E-state index in [0.29, 0.717) is 12.3 Å². The average Bonchev–Trinajstić information content (AvgIpc) is 2.15. The van der Waals surface area contributed by atoms with Crippen LogP contribution in [0.5, 0.6) is 0 Å². The topological polar surface area (TPSA) is 40.5 Å². The maximum absolute atomic E-state index is 10.5. The van der Waals surface area contributed by atoms with Crippen molar-refractivity contribution in [2.75, 3.05) is 0 Å². The Balaban J connectivity index is 2.94. The summed E-state index contributed by atoms with van der Waals surface area (Å²) in [5.74, 6) is 0.595. The van der Waals surface area contributed by atoms with E-state index in [9.17, 15) is 10.2 Å². The van der Waals surface area contributed by atoms with Crippen LogP contribution < -0.4 is 0 Å². The van der Waals surface area contributed by atoms with Gasteiger partial charge >= 0.3 is 0 Å². The quantitative estimate of drug-likeness (QED) is 0.706. The summed E-state index contributed by atoms with van der Waals surface area (Å²) in [5, 5.41) is 20.8. The number of aliphatic hydroxyl groups excluding tert-OH is 1. The fourth-order valence-electron chi connectivity index (χ4n) is 2.57. The molecule has 0 aromatic heterocycles. The molecule has 0 amide bonds. The summed E-state index contributed by atoms with van der Waals surface area (Å²) in [7, 11) is 0. The van der Waals surface area contributed by atoms with E-state index in [1.807, 2.05) is 13.8 Å². The third-order valence-corrected chi connectivity index (χ3v) is 3.76. The van der Waals surface area contributed by atoms with Gasteiger partial charge in [-0.15, -0.1) is 0 Å². The molecule has 2 heteroatoms. The molecule has 0 aliphatic heterocycles. The Morgan fingerprint density at radius 1 is 1.53 bits per heavy atom. The first-order valence-corrected chi connectivity index (χ1v) is 6.01. The van der Waals surface area contributed by atoms with Crippen molar-refractivity contribution < 1.29 is 10.2 Å². The smallest absolute Gasteiger partial charge is 0.111 e. The molecule has 2 N–H and O–H groups in total. The fraction of sp³-hybridized carbons (Fsp3) is 0.846. The molecule has 0 bridgehead atoms. The Labute approximate surface area is 93.0 Å². The van der Waals surface area contributed by atoms with Gasteiger partial charge in [0, 0.05) is 0 Å². The van der Waals surface area contributed by atoms with E-state index in [0.717, 1.165) is 18.4 Å². The van der Waals surface area contributed by atoms with E-state index < -0.39 is 11.7 Å². The predicted molar refractivity (Wildman–Crippen MR) is 62.6 cm³/mol. The van der Waals surface area contributed by atoms with E-state index in [-0.39, 0.29) is 5.92 Å². The molecule has 15 heavy (non-hydrogen) atoms. The van der Waals surface area contributed by atoms with Gasteiger partial charge in [-0.2, -0.15) is 0 Å². The summed E-state index contributed by atoms with van der Waals surface area (Å²) in [6, 6.07) is 0. The van der Waals surface area contributed by atoms with E-state index in [1.165, 1.54) is 0 Å². The van der Waals surface area contributed by atoms with Crippen LogP contribution in [0, 0.1) is 11.8 Å². The lowest BCUT2D eigenvalue weighted by molar-refractivity contribution is -0.0964. The number of hydrogen-bond acceptors (Lipinski definition) is 2. The van der Waals surface area contributed by atoms with Crippen molar-refractivity contribution in [2.24, 2.45) is 11.8 Å². The highest BCUT2D eigenvalue weighted by Gasteiger charge is 2.44. The van der Waals surface area contributed by atoms with Crippen molar-refractivity contribution in [2.45, 2.75) is 58.7 Å². The molecular weight excluding hydrogens is 188 g/mol. The average molecular weight is 212 g/mol. The van der Waals surface area contributed by atoms with E-state index in [1.54, 1.807) is 0 Å². The Kier molecular flexibility index (Phi) is 3.96. The maximum Gasteiger partial charge on any atom is 0.111 e. The number of hydrogen-bond donors (Lipinski definition) is 2. The molecule has 0 spiro atoms. The number of allylic oxidation sites excluding steroid dienone is 1. The fourth-order valence-corrected chi connectivity index (χ4v) is 2.57. The molecule has 0 aromatic carbocycles. The second kappa shape index (κ2) is 4.67. The SMILES string of the molecule is CCCC1(O)C(C)=CC[C@@H](C(C)C)C1O. The molecule has 0 radical (unpaired) electrons. The first-order valence-electron chi connectivity index (χ1n) is 6.01. The summed E-state index contributed by atoms with van der Waals surface area (Å²) in [6.45, 7) is 8.18. The Morgan fingerprint density at radius 2 is 2.13 bits per heavy atom. The zero-order valence-electron chi connectivity index (χ0n) is 10.3. The Hall–Kier alpha value is -0.340. The molecule has 0 heterocycles. The highest BCUT2D eigenvalue weighted by atomic mass is 16.3. The van der Waals surface area contributed by atoms with Crippen molar-refractivity contribution >= 4 is 0 Å².